The third-order valence-corrected chi connectivity index (χ3v) is 5.52. The van der Waals surface area contributed by atoms with Gasteiger partial charge in [0.25, 0.3) is 0 Å². The lowest BCUT2D eigenvalue weighted by atomic mass is 10.2. The van der Waals surface area contributed by atoms with Gasteiger partial charge in [0.1, 0.15) is 5.82 Å². The molecule has 3 heterocycles. The number of halogens is 2. The Hall–Kier alpha value is -2.28. The fourth-order valence-corrected chi connectivity index (χ4v) is 3.79. The van der Waals surface area contributed by atoms with E-state index in [4.69, 9.17) is 10.3 Å². The van der Waals surface area contributed by atoms with Crippen LogP contribution in [0, 0.1) is 5.82 Å². The average Bonchev–Trinajstić information content (AvgIpc) is 3.44. The van der Waals surface area contributed by atoms with Crippen LogP contribution in [-0.2, 0) is 6.42 Å². The molecule has 11 heteroatoms. The third kappa shape index (κ3) is 5.65. The molecule has 0 atom stereocenters. The van der Waals surface area contributed by atoms with Gasteiger partial charge in [-0.25, -0.2) is 9.37 Å². The molecule has 30 heavy (non-hydrogen) atoms. The maximum Gasteiger partial charge on any atom is 0.227 e. The van der Waals surface area contributed by atoms with Gasteiger partial charge in [0.05, 0.1) is 0 Å². The van der Waals surface area contributed by atoms with E-state index in [-0.39, 0.29) is 29.8 Å². The first kappa shape index (κ1) is 22.4. The average molecular weight is 543 g/mol. The molecule has 2 aromatic heterocycles. The molecule has 8 nitrogen and oxygen atoms in total. The molecule has 0 bridgehead atoms. The Labute approximate surface area is 195 Å². The lowest BCUT2D eigenvalue weighted by Gasteiger charge is -2.35. The lowest BCUT2D eigenvalue weighted by Crippen LogP contribution is -2.51. The fourth-order valence-electron chi connectivity index (χ4n) is 3.10. The van der Waals surface area contributed by atoms with Gasteiger partial charge in [0, 0.05) is 56.3 Å². The number of hydrogen-bond acceptors (Lipinski definition) is 7. The highest BCUT2D eigenvalue weighted by molar-refractivity contribution is 14.0. The molecule has 0 spiro atoms. The second-order valence-electron chi connectivity index (χ2n) is 6.65. The van der Waals surface area contributed by atoms with E-state index >= 15 is 0 Å². The molecule has 4 rings (SSSR count). The molecular formula is C19H23FIN7OS. The van der Waals surface area contributed by atoms with Gasteiger partial charge in [0.15, 0.2) is 11.1 Å². The molecule has 0 saturated carbocycles. The normalized spacial score (nSPS) is 14.6. The van der Waals surface area contributed by atoms with Gasteiger partial charge in [-0.15, -0.1) is 35.3 Å². The predicted molar refractivity (Wildman–Crippen MR) is 126 cm³/mol. The fraction of sp³-hybridized carbons (Fsp3) is 0.368. The van der Waals surface area contributed by atoms with Crippen LogP contribution >= 0.6 is 35.3 Å². The molecule has 160 valence electrons. The van der Waals surface area contributed by atoms with Crippen molar-refractivity contribution in [2.75, 3.05) is 37.6 Å². The van der Waals surface area contributed by atoms with Crippen LogP contribution in [0.1, 0.15) is 12.3 Å². The van der Waals surface area contributed by atoms with Crippen molar-refractivity contribution in [1.29, 1.82) is 0 Å². The second-order valence-corrected chi connectivity index (χ2v) is 7.52. The number of guanidine groups is 1. The van der Waals surface area contributed by atoms with Gasteiger partial charge in [-0.1, -0.05) is 5.16 Å². The highest BCUT2D eigenvalue weighted by atomic mass is 127. The van der Waals surface area contributed by atoms with Crippen molar-refractivity contribution in [2.45, 2.75) is 12.8 Å². The van der Waals surface area contributed by atoms with E-state index in [9.17, 15) is 4.39 Å². The number of aliphatic imine (C=N–C) groups is 1. The zero-order valence-electron chi connectivity index (χ0n) is 16.3. The molecule has 0 amide bonds. The van der Waals surface area contributed by atoms with E-state index in [0.717, 1.165) is 43.3 Å². The molecule has 3 aromatic rings. The van der Waals surface area contributed by atoms with Crippen molar-refractivity contribution in [3.8, 4) is 11.4 Å². The molecule has 2 N–H and O–H groups in total. The predicted octanol–water partition coefficient (Wildman–Crippen LogP) is 3.02. The summed E-state index contributed by atoms with van der Waals surface area (Å²) in [4.78, 5) is 17.6. The number of hydrogen-bond donors (Lipinski definition) is 1. The van der Waals surface area contributed by atoms with Gasteiger partial charge >= 0.3 is 0 Å². The Bertz CT molecular complexity index is 940. The summed E-state index contributed by atoms with van der Waals surface area (Å²) in [5.74, 6) is 1.27. The van der Waals surface area contributed by atoms with Crippen molar-refractivity contribution in [3.63, 3.8) is 0 Å². The number of benzene rings is 1. The zero-order chi connectivity index (χ0) is 20.1. The van der Waals surface area contributed by atoms with Gasteiger partial charge in [-0.05, 0) is 30.7 Å². The highest BCUT2D eigenvalue weighted by Gasteiger charge is 2.19. The van der Waals surface area contributed by atoms with E-state index in [1.54, 1.807) is 23.5 Å². The minimum Gasteiger partial charge on any atom is -0.370 e. The number of nitrogens with zero attached hydrogens (tertiary/aromatic N) is 6. The van der Waals surface area contributed by atoms with Crippen LogP contribution in [0.4, 0.5) is 9.52 Å². The Morgan fingerprint density at radius 2 is 1.97 bits per heavy atom. The first-order valence-electron chi connectivity index (χ1n) is 9.47. The zero-order valence-corrected chi connectivity index (χ0v) is 19.4. The smallest absolute Gasteiger partial charge is 0.227 e. The number of thiazole rings is 1. The number of aryl methyl sites for hydroxylation is 1. The standard InChI is InChI=1S/C19H22FN7OS.HI/c20-15-5-3-14(4-6-15)17-24-16(28-25-17)2-1-7-22-18(21)26-9-11-27(12-10-26)19-23-8-13-29-19;/h3-6,8,13H,1-2,7,9-12H2,(H2,21,22);1H. The van der Waals surface area contributed by atoms with E-state index < -0.39 is 0 Å². The monoisotopic (exact) mass is 543 g/mol. The van der Waals surface area contributed by atoms with E-state index in [1.165, 1.54) is 12.1 Å². The molecule has 0 aliphatic carbocycles. The van der Waals surface area contributed by atoms with Crippen molar-refractivity contribution in [3.05, 3.63) is 47.6 Å². The molecule has 1 saturated heterocycles. The minimum atomic E-state index is -0.294. The summed E-state index contributed by atoms with van der Waals surface area (Å²) in [6, 6.07) is 6.01. The van der Waals surface area contributed by atoms with E-state index in [1.807, 2.05) is 11.6 Å². The highest BCUT2D eigenvalue weighted by Crippen LogP contribution is 2.19. The molecule has 1 aliphatic rings. The summed E-state index contributed by atoms with van der Waals surface area (Å²) in [6.07, 6.45) is 3.20. The van der Waals surface area contributed by atoms with Gasteiger partial charge in [-0.3, -0.25) is 4.99 Å². The van der Waals surface area contributed by atoms with Crippen LogP contribution in [0.15, 0.2) is 45.4 Å². The summed E-state index contributed by atoms with van der Waals surface area (Å²) in [5.41, 5.74) is 6.87. The minimum absolute atomic E-state index is 0. The summed E-state index contributed by atoms with van der Waals surface area (Å²) in [5, 5.41) is 6.99. The molecule has 1 aliphatic heterocycles. The van der Waals surface area contributed by atoms with Crippen LogP contribution in [0.3, 0.4) is 0 Å². The topological polar surface area (TPSA) is 96.7 Å². The van der Waals surface area contributed by atoms with Gasteiger partial charge < -0.3 is 20.1 Å². The summed E-state index contributed by atoms with van der Waals surface area (Å²) < 4.78 is 18.3. The summed E-state index contributed by atoms with van der Waals surface area (Å²) in [6.45, 7) is 4.03. The molecule has 1 aromatic carbocycles. The largest absolute Gasteiger partial charge is 0.370 e. The number of piperazine rings is 1. The Kier molecular flexibility index (Phi) is 7.96. The van der Waals surface area contributed by atoms with Crippen LogP contribution in [0.2, 0.25) is 0 Å². The van der Waals surface area contributed by atoms with Crippen molar-refractivity contribution >= 4 is 46.4 Å². The SMILES string of the molecule is I.NC(=NCCCc1nc(-c2ccc(F)cc2)no1)N1CCN(c2nccs2)CC1. The van der Waals surface area contributed by atoms with Gasteiger partial charge in [0.2, 0.25) is 11.7 Å². The Balaban J connectivity index is 0.00000256. The third-order valence-electron chi connectivity index (χ3n) is 4.69. The van der Waals surface area contributed by atoms with Crippen LogP contribution < -0.4 is 10.6 Å². The van der Waals surface area contributed by atoms with Gasteiger partial charge in [-0.2, -0.15) is 4.98 Å². The quantitative estimate of drug-likeness (QED) is 0.221. The van der Waals surface area contributed by atoms with Crippen LogP contribution in [-0.4, -0.2) is 58.7 Å². The van der Waals surface area contributed by atoms with Crippen LogP contribution in [0.25, 0.3) is 11.4 Å². The Morgan fingerprint density at radius 3 is 2.67 bits per heavy atom. The first-order chi connectivity index (χ1) is 14.2. The molecule has 0 unspecified atom stereocenters. The lowest BCUT2D eigenvalue weighted by molar-refractivity contribution is 0.374. The number of rotatable bonds is 6. The maximum absolute atomic E-state index is 13.0. The first-order valence-corrected chi connectivity index (χ1v) is 10.3. The van der Waals surface area contributed by atoms with Crippen molar-refractivity contribution in [2.24, 2.45) is 10.7 Å². The molecular weight excluding hydrogens is 520 g/mol. The number of aromatic nitrogens is 3. The molecule has 0 radical (unpaired) electrons. The van der Waals surface area contributed by atoms with E-state index in [0.29, 0.717) is 30.6 Å². The summed E-state index contributed by atoms with van der Waals surface area (Å²) in [7, 11) is 0. The van der Waals surface area contributed by atoms with Crippen LogP contribution in [0.5, 0.6) is 0 Å². The number of anilines is 1. The summed E-state index contributed by atoms with van der Waals surface area (Å²) >= 11 is 1.65. The second kappa shape index (κ2) is 10.7. The Morgan fingerprint density at radius 1 is 1.20 bits per heavy atom. The van der Waals surface area contributed by atoms with E-state index in [2.05, 4.69) is 29.9 Å². The van der Waals surface area contributed by atoms with Crippen molar-refractivity contribution < 1.29 is 8.91 Å². The number of nitrogens with two attached hydrogens (primary N) is 1. The van der Waals surface area contributed by atoms with Crippen molar-refractivity contribution in [1.82, 2.24) is 20.0 Å². The molecule has 1 fully saturated rings. The maximum atomic E-state index is 13.0.